The first-order chi connectivity index (χ1) is 6.42. The first-order valence-corrected chi connectivity index (χ1v) is 4.27. The molecule has 1 aliphatic carbocycles. The largest absolute Gasteiger partial charge is 0.192 e. The topological polar surface area (TPSA) is 23.8 Å². The van der Waals surface area contributed by atoms with E-state index in [0.717, 1.165) is 17.5 Å². The average molecular weight is 167 g/mol. The SMILES string of the molecule is N#Cc1ccccc1C1=CC=CC1. The molecule has 1 aliphatic rings. The summed E-state index contributed by atoms with van der Waals surface area (Å²) in [6.45, 7) is 0. The van der Waals surface area contributed by atoms with E-state index in [-0.39, 0.29) is 0 Å². The van der Waals surface area contributed by atoms with Gasteiger partial charge in [0.1, 0.15) is 0 Å². The zero-order chi connectivity index (χ0) is 9.10. The maximum absolute atomic E-state index is 8.88. The normalized spacial score (nSPS) is 13.9. The standard InChI is InChI=1S/C12H9N/c13-9-11-7-3-4-8-12(11)10-5-1-2-6-10/h1-5,7-8H,6H2. The molecule has 62 valence electrons. The third-order valence-corrected chi connectivity index (χ3v) is 2.16. The highest BCUT2D eigenvalue weighted by molar-refractivity contribution is 5.74. The molecule has 0 spiro atoms. The molecule has 0 saturated heterocycles. The lowest BCUT2D eigenvalue weighted by molar-refractivity contribution is 1.40. The molecule has 0 unspecified atom stereocenters. The van der Waals surface area contributed by atoms with E-state index in [4.69, 9.17) is 5.26 Å². The summed E-state index contributed by atoms with van der Waals surface area (Å²) in [5.74, 6) is 0. The van der Waals surface area contributed by atoms with Crippen molar-refractivity contribution in [1.29, 1.82) is 5.26 Å². The minimum Gasteiger partial charge on any atom is -0.192 e. The monoisotopic (exact) mass is 167 g/mol. The predicted octanol–water partition coefficient (Wildman–Crippen LogP) is 2.90. The van der Waals surface area contributed by atoms with Crippen LogP contribution in [0.15, 0.2) is 42.5 Å². The molecule has 0 amide bonds. The molecule has 0 aromatic heterocycles. The molecule has 0 saturated carbocycles. The predicted molar refractivity (Wildman–Crippen MR) is 52.9 cm³/mol. The lowest BCUT2D eigenvalue weighted by Crippen LogP contribution is -1.86. The molecule has 1 heteroatoms. The summed E-state index contributed by atoms with van der Waals surface area (Å²) in [5, 5.41) is 8.88. The van der Waals surface area contributed by atoms with Gasteiger partial charge in [-0.25, -0.2) is 0 Å². The number of hydrogen-bond donors (Lipinski definition) is 0. The highest BCUT2D eigenvalue weighted by atomic mass is 14.2. The third-order valence-electron chi connectivity index (χ3n) is 2.16. The van der Waals surface area contributed by atoms with Crippen molar-refractivity contribution in [3.63, 3.8) is 0 Å². The molecule has 1 aromatic rings. The van der Waals surface area contributed by atoms with E-state index >= 15 is 0 Å². The van der Waals surface area contributed by atoms with Crippen molar-refractivity contribution in [1.82, 2.24) is 0 Å². The zero-order valence-corrected chi connectivity index (χ0v) is 7.20. The Morgan fingerprint density at radius 1 is 1.23 bits per heavy atom. The van der Waals surface area contributed by atoms with Gasteiger partial charge in [0.15, 0.2) is 0 Å². The average Bonchev–Trinajstić information content (AvgIpc) is 2.70. The lowest BCUT2D eigenvalue weighted by Gasteiger charge is -2.03. The molecule has 0 heterocycles. The van der Waals surface area contributed by atoms with E-state index in [1.165, 1.54) is 5.57 Å². The van der Waals surface area contributed by atoms with Gasteiger partial charge in [0.25, 0.3) is 0 Å². The first-order valence-electron chi connectivity index (χ1n) is 4.27. The van der Waals surface area contributed by atoms with Gasteiger partial charge < -0.3 is 0 Å². The van der Waals surface area contributed by atoms with Crippen LogP contribution in [-0.4, -0.2) is 0 Å². The summed E-state index contributed by atoms with van der Waals surface area (Å²) in [6, 6.07) is 9.92. The van der Waals surface area contributed by atoms with Gasteiger partial charge in [-0.3, -0.25) is 0 Å². The molecular formula is C12H9N. The fraction of sp³-hybridized carbons (Fsp3) is 0.0833. The molecule has 2 rings (SSSR count). The summed E-state index contributed by atoms with van der Waals surface area (Å²) < 4.78 is 0. The number of nitrogens with zero attached hydrogens (tertiary/aromatic N) is 1. The number of hydrogen-bond acceptors (Lipinski definition) is 1. The Hall–Kier alpha value is -1.81. The van der Waals surface area contributed by atoms with Gasteiger partial charge in [-0.1, -0.05) is 36.4 Å². The molecule has 0 bridgehead atoms. The van der Waals surface area contributed by atoms with Crippen LogP contribution in [0.3, 0.4) is 0 Å². The van der Waals surface area contributed by atoms with Crippen molar-refractivity contribution >= 4 is 5.57 Å². The van der Waals surface area contributed by atoms with Crippen molar-refractivity contribution in [2.45, 2.75) is 6.42 Å². The van der Waals surface area contributed by atoms with E-state index in [1.54, 1.807) is 0 Å². The molecule has 1 aromatic carbocycles. The minimum atomic E-state index is 0.762. The smallest absolute Gasteiger partial charge is 0.0998 e. The van der Waals surface area contributed by atoms with E-state index in [9.17, 15) is 0 Å². The molecule has 0 radical (unpaired) electrons. The Balaban J connectivity index is 2.46. The number of rotatable bonds is 1. The van der Waals surface area contributed by atoms with Crippen LogP contribution in [0.2, 0.25) is 0 Å². The summed E-state index contributed by atoms with van der Waals surface area (Å²) in [5.41, 5.74) is 3.06. The van der Waals surface area contributed by atoms with E-state index < -0.39 is 0 Å². The van der Waals surface area contributed by atoms with Crippen LogP contribution in [0.25, 0.3) is 5.57 Å². The van der Waals surface area contributed by atoms with Crippen LogP contribution in [0, 0.1) is 11.3 Å². The second-order valence-electron chi connectivity index (χ2n) is 2.98. The Bertz CT molecular complexity index is 419. The van der Waals surface area contributed by atoms with Gasteiger partial charge in [-0.05, 0) is 23.6 Å². The van der Waals surface area contributed by atoms with Crippen LogP contribution in [0.4, 0.5) is 0 Å². The van der Waals surface area contributed by atoms with Gasteiger partial charge in [-0.15, -0.1) is 0 Å². The van der Waals surface area contributed by atoms with Crippen molar-refractivity contribution < 1.29 is 0 Å². The van der Waals surface area contributed by atoms with E-state index in [2.05, 4.69) is 18.2 Å². The minimum absolute atomic E-state index is 0.762. The van der Waals surface area contributed by atoms with Crippen molar-refractivity contribution in [2.75, 3.05) is 0 Å². The van der Waals surface area contributed by atoms with Crippen LogP contribution in [0.1, 0.15) is 17.5 Å². The summed E-state index contributed by atoms with van der Waals surface area (Å²) >= 11 is 0. The Labute approximate surface area is 77.6 Å². The first kappa shape index (κ1) is 7.82. The molecule has 13 heavy (non-hydrogen) atoms. The summed E-state index contributed by atoms with van der Waals surface area (Å²) in [4.78, 5) is 0. The fourth-order valence-electron chi connectivity index (χ4n) is 1.51. The van der Waals surface area contributed by atoms with Gasteiger partial charge >= 0.3 is 0 Å². The van der Waals surface area contributed by atoms with Crippen LogP contribution < -0.4 is 0 Å². The molecule has 1 nitrogen and oxygen atoms in total. The molecular weight excluding hydrogens is 158 g/mol. The zero-order valence-electron chi connectivity index (χ0n) is 7.20. The third kappa shape index (κ3) is 1.39. The number of nitriles is 1. The second kappa shape index (κ2) is 3.28. The Morgan fingerprint density at radius 3 is 2.77 bits per heavy atom. The van der Waals surface area contributed by atoms with Crippen molar-refractivity contribution in [3.8, 4) is 6.07 Å². The highest BCUT2D eigenvalue weighted by Gasteiger charge is 2.06. The highest BCUT2D eigenvalue weighted by Crippen LogP contribution is 2.25. The molecule has 0 fully saturated rings. The van der Waals surface area contributed by atoms with Gasteiger partial charge in [-0.2, -0.15) is 5.26 Å². The molecule has 0 atom stereocenters. The van der Waals surface area contributed by atoms with Crippen LogP contribution in [0.5, 0.6) is 0 Å². The Kier molecular flexibility index (Phi) is 1.97. The maximum atomic E-state index is 8.88. The number of allylic oxidation sites excluding steroid dienone is 4. The maximum Gasteiger partial charge on any atom is 0.0998 e. The van der Waals surface area contributed by atoms with Crippen molar-refractivity contribution in [2.24, 2.45) is 0 Å². The quantitative estimate of drug-likeness (QED) is 0.630. The fourth-order valence-corrected chi connectivity index (χ4v) is 1.51. The summed E-state index contributed by atoms with van der Waals surface area (Å²) in [7, 11) is 0. The Morgan fingerprint density at radius 2 is 2.08 bits per heavy atom. The van der Waals surface area contributed by atoms with Crippen LogP contribution in [-0.2, 0) is 0 Å². The van der Waals surface area contributed by atoms with E-state index in [1.807, 2.05) is 30.3 Å². The van der Waals surface area contributed by atoms with Gasteiger partial charge in [0, 0.05) is 0 Å². The molecule has 0 aliphatic heterocycles. The number of benzene rings is 1. The summed E-state index contributed by atoms with van der Waals surface area (Å²) in [6.07, 6.45) is 7.14. The van der Waals surface area contributed by atoms with E-state index in [0.29, 0.717) is 0 Å². The van der Waals surface area contributed by atoms with Gasteiger partial charge in [0.2, 0.25) is 0 Å². The van der Waals surface area contributed by atoms with Crippen molar-refractivity contribution in [3.05, 3.63) is 53.6 Å². The second-order valence-corrected chi connectivity index (χ2v) is 2.98. The molecule has 0 N–H and O–H groups in total. The van der Waals surface area contributed by atoms with Crippen LogP contribution >= 0.6 is 0 Å². The van der Waals surface area contributed by atoms with Gasteiger partial charge in [0.05, 0.1) is 11.6 Å². The lowest BCUT2D eigenvalue weighted by atomic mass is 10.00.